The second-order valence-electron chi connectivity index (χ2n) is 10.9. The molecule has 6 nitrogen and oxygen atoms in total. The predicted octanol–water partition coefficient (Wildman–Crippen LogP) is 7.37. The van der Waals surface area contributed by atoms with Crippen LogP contribution in [0.4, 0.5) is 5.69 Å². The van der Waals surface area contributed by atoms with Crippen molar-refractivity contribution < 1.29 is 14.7 Å². The zero-order valence-corrected chi connectivity index (χ0v) is 25.6. The summed E-state index contributed by atoms with van der Waals surface area (Å²) < 4.78 is 1.01. The number of nitrogens with zero attached hydrogens (tertiary/aromatic N) is 2. The fourth-order valence-corrected chi connectivity index (χ4v) is 5.85. The molecule has 1 amide bonds. The average molecular weight is 639 g/mol. The summed E-state index contributed by atoms with van der Waals surface area (Å²) >= 11 is 3.46. The number of hydrogen-bond donors (Lipinski definition) is 2. The highest BCUT2D eigenvalue weighted by Gasteiger charge is 2.31. The Kier molecular flexibility index (Phi) is 10.5. The van der Waals surface area contributed by atoms with E-state index in [1.807, 2.05) is 97.1 Å². The topological polar surface area (TPSA) is 82.0 Å². The van der Waals surface area contributed by atoms with Gasteiger partial charge in [0.05, 0.1) is 17.4 Å². The molecule has 2 N–H and O–H groups in total. The summed E-state index contributed by atoms with van der Waals surface area (Å²) in [5.74, 6) is -1.02. The van der Waals surface area contributed by atoms with Crippen molar-refractivity contribution in [2.75, 3.05) is 11.9 Å². The van der Waals surface area contributed by atoms with E-state index >= 15 is 0 Å². The molecule has 220 valence electrons. The number of nitrogens with one attached hydrogen (secondary N) is 1. The number of hydrogen-bond acceptors (Lipinski definition) is 4. The molecule has 4 aromatic rings. The minimum absolute atomic E-state index is 0.0578. The molecule has 1 aliphatic rings. The van der Waals surface area contributed by atoms with E-state index in [0.29, 0.717) is 29.8 Å². The Hall–Kier alpha value is -4.07. The maximum absolute atomic E-state index is 13.7. The zero-order chi connectivity index (χ0) is 30.0. The van der Waals surface area contributed by atoms with Gasteiger partial charge in [0.1, 0.15) is 6.04 Å². The molecule has 0 unspecified atom stereocenters. The van der Waals surface area contributed by atoms with Gasteiger partial charge in [0.25, 0.3) is 0 Å². The largest absolute Gasteiger partial charge is 0.480 e. The minimum atomic E-state index is -0.965. The number of aryl methyl sites for hydroxylation is 1. The number of carbonyl (C=O) groups is 2. The first-order valence-corrected chi connectivity index (χ1v) is 15.6. The van der Waals surface area contributed by atoms with Crippen LogP contribution in [0.15, 0.2) is 119 Å². The summed E-state index contributed by atoms with van der Waals surface area (Å²) in [4.78, 5) is 33.2. The van der Waals surface area contributed by atoms with Crippen LogP contribution in [0.1, 0.15) is 47.9 Å². The van der Waals surface area contributed by atoms with E-state index in [4.69, 9.17) is 4.99 Å². The van der Waals surface area contributed by atoms with Crippen molar-refractivity contribution in [2.24, 2.45) is 4.99 Å². The number of para-hydroxylation sites is 1. The van der Waals surface area contributed by atoms with E-state index in [9.17, 15) is 14.7 Å². The SMILES string of the molecule is O=C(O)[C@H](CCCc1ccc(Br)cc1)/N=C(\c1ccccc1)c1ccccc1NC(=O)[C@@H]1CCCN1Cc1ccccc1. The van der Waals surface area contributed by atoms with Gasteiger partial charge in [-0.3, -0.25) is 14.7 Å². The van der Waals surface area contributed by atoms with Gasteiger partial charge in [-0.1, -0.05) is 107 Å². The number of carboxylic acids is 1. The van der Waals surface area contributed by atoms with Gasteiger partial charge in [0.2, 0.25) is 5.91 Å². The molecule has 0 spiro atoms. The lowest BCUT2D eigenvalue weighted by atomic mass is 9.99. The first kappa shape index (κ1) is 30.4. The lowest BCUT2D eigenvalue weighted by Gasteiger charge is -2.24. The predicted molar refractivity (Wildman–Crippen MR) is 176 cm³/mol. The van der Waals surface area contributed by atoms with Crippen molar-refractivity contribution in [1.82, 2.24) is 4.90 Å². The smallest absolute Gasteiger partial charge is 0.328 e. The number of rotatable bonds is 12. The first-order chi connectivity index (χ1) is 21.0. The van der Waals surface area contributed by atoms with Crippen molar-refractivity contribution in [3.05, 3.63) is 136 Å². The van der Waals surface area contributed by atoms with Crippen molar-refractivity contribution in [1.29, 1.82) is 0 Å². The molecule has 0 aliphatic carbocycles. The van der Waals surface area contributed by atoms with Crippen LogP contribution in [-0.4, -0.2) is 46.2 Å². The van der Waals surface area contributed by atoms with Crippen LogP contribution in [0.25, 0.3) is 0 Å². The summed E-state index contributed by atoms with van der Waals surface area (Å²) in [7, 11) is 0. The van der Waals surface area contributed by atoms with E-state index in [0.717, 1.165) is 48.0 Å². The van der Waals surface area contributed by atoms with Crippen LogP contribution in [-0.2, 0) is 22.6 Å². The summed E-state index contributed by atoms with van der Waals surface area (Å²) in [6, 6.07) is 34.3. The lowest BCUT2D eigenvalue weighted by molar-refractivity contribution is -0.138. The summed E-state index contributed by atoms with van der Waals surface area (Å²) in [6.45, 7) is 1.59. The van der Waals surface area contributed by atoms with Gasteiger partial charge < -0.3 is 10.4 Å². The maximum atomic E-state index is 13.7. The third kappa shape index (κ3) is 8.27. The third-order valence-electron chi connectivity index (χ3n) is 7.81. The van der Waals surface area contributed by atoms with Crippen LogP contribution in [0.2, 0.25) is 0 Å². The minimum Gasteiger partial charge on any atom is -0.480 e. The molecule has 5 rings (SSSR count). The van der Waals surface area contributed by atoms with Gasteiger partial charge in [-0.15, -0.1) is 0 Å². The molecule has 0 bridgehead atoms. The molecule has 1 saturated heterocycles. The van der Waals surface area contributed by atoms with Crippen molar-refractivity contribution in [3.63, 3.8) is 0 Å². The first-order valence-electron chi connectivity index (χ1n) is 14.8. The highest BCUT2D eigenvalue weighted by Crippen LogP contribution is 2.26. The van der Waals surface area contributed by atoms with E-state index in [2.05, 4.69) is 38.3 Å². The summed E-state index contributed by atoms with van der Waals surface area (Å²) in [5.41, 5.74) is 5.02. The van der Waals surface area contributed by atoms with Crippen LogP contribution < -0.4 is 5.32 Å². The number of likely N-dealkylation sites (tertiary alicyclic amines) is 1. The number of benzene rings is 4. The van der Waals surface area contributed by atoms with Gasteiger partial charge in [-0.2, -0.15) is 0 Å². The van der Waals surface area contributed by atoms with Crippen LogP contribution in [0.3, 0.4) is 0 Å². The average Bonchev–Trinajstić information content (AvgIpc) is 3.49. The van der Waals surface area contributed by atoms with Crippen molar-refractivity contribution in [2.45, 2.75) is 50.7 Å². The van der Waals surface area contributed by atoms with E-state index in [-0.39, 0.29) is 11.9 Å². The van der Waals surface area contributed by atoms with Crippen molar-refractivity contribution >= 4 is 39.2 Å². The summed E-state index contributed by atoms with van der Waals surface area (Å²) in [6.07, 6.45) is 3.60. The van der Waals surface area contributed by atoms with Crippen LogP contribution in [0, 0.1) is 0 Å². The standard InChI is InChI=1S/C36H36BrN3O3/c37-29-22-20-26(21-23-29)13-9-18-32(36(42)43)38-34(28-14-5-2-6-15-28)30-16-7-8-17-31(30)39-35(41)33-19-10-24-40(33)25-27-11-3-1-4-12-27/h1-8,11-12,14-17,20-23,32-33H,9-10,13,18-19,24-25H2,(H,39,41)(H,42,43)/b38-34+/t32-,33-/m0/s1. The van der Waals surface area contributed by atoms with Crippen LogP contribution in [0.5, 0.6) is 0 Å². The fraction of sp³-hybridized carbons (Fsp3) is 0.250. The Balaban J connectivity index is 1.39. The van der Waals surface area contributed by atoms with E-state index in [1.54, 1.807) is 0 Å². The molecule has 4 aromatic carbocycles. The number of aliphatic carboxylic acids is 1. The van der Waals surface area contributed by atoms with Gasteiger partial charge in [0.15, 0.2) is 0 Å². The normalized spacial score (nSPS) is 16.1. The molecule has 1 aliphatic heterocycles. The second kappa shape index (κ2) is 14.9. The van der Waals surface area contributed by atoms with Crippen molar-refractivity contribution in [3.8, 4) is 0 Å². The highest BCUT2D eigenvalue weighted by atomic mass is 79.9. The van der Waals surface area contributed by atoms with Gasteiger partial charge >= 0.3 is 5.97 Å². The maximum Gasteiger partial charge on any atom is 0.328 e. The molecule has 1 heterocycles. The molecule has 43 heavy (non-hydrogen) atoms. The molecule has 0 radical (unpaired) electrons. The highest BCUT2D eigenvalue weighted by molar-refractivity contribution is 9.10. The third-order valence-corrected chi connectivity index (χ3v) is 8.34. The van der Waals surface area contributed by atoms with Gasteiger partial charge in [-0.25, -0.2) is 4.79 Å². The quantitative estimate of drug-likeness (QED) is 0.159. The Labute approximate surface area is 261 Å². The molecular weight excluding hydrogens is 602 g/mol. The lowest BCUT2D eigenvalue weighted by Crippen LogP contribution is -2.39. The number of carbonyl (C=O) groups excluding carboxylic acids is 1. The second-order valence-corrected chi connectivity index (χ2v) is 11.8. The molecule has 0 saturated carbocycles. The molecular formula is C36H36BrN3O3. The Bertz CT molecular complexity index is 1540. The Morgan fingerprint density at radius 2 is 1.56 bits per heavy atom. The van der Waals surface area contributed by atoms with Gasteiger partial charge in [-0.05, 0) is 68.0 Å². The Morgan fingerprint density at radius 3 is 2.28 bits per heavy atom. The number of anilines is 1. The van der Waals surface area contributed by atoms with Crippen LogP contribution >= 0.6 is 15.9 Å². The summed E-state index contributed by atoms with van der Waals surface area (Å²) in [5, 5.41) is 13.3. The molecule has 1 fully saturated rings. The van der Waals surface area contributed by atoms with Gasteiger partial charge in [0, 0.05) is 22.1 Å². The number of aliphatic imine (C=N–C) groups is 1. The molecule has 7 heteroatoms. The monoisotopic (exact) mass is 637 g/mol. The Morgan fingerprint density at radius 1 is 0.884 bits per heavy atom. The fourth-order valence-electron chi connectivity index (χ4n) is 5.59. The van der Waals surface area contributed by atoms with E-state index < -0.39 is 12.0 Å². The van der Waals surface area contributed by atoms with E-state index in [1.165, 1.54) is 5.56 Å². The molecule has 0 aromatic heterocycles. The number of halogens is 1. The zero-order valence-electron chi connectivity index (χ0n) is 24.0. The number of amides is 1. The molecule has 2 atom stereocenters. The number of carboxylic acid groups (broad SMARTS) is 1.